The summed E-state index contributed by atoms with van der Waals surface area (Å²) in [5.41, 5.74) is -3.02. The molecular weight excluding hydrogens is 679 g/mol. The lowest BCUT2D eigenvalue weighted by molar-refractivity contribution is -0.158. The fourth-order valence-corrected chi connectivity index (χ4v) is 5.52. The van der Waals surface area contributed by atoms with Gasteiger partial charge in [-0.1, -0.05) is 56.0 Å². The Bertz CT molecular complexity index is 1000. The predicted molar refractivity (Wildman–Crippen MR) is 184 cm³/mol. The van der Waals surface area contributed by atoms with Crippen molar-refractivity contribution >= 4 is 46.7 Å². The minimum atomic E-state index is -1.06. The van der Waals surface area contributed by atoms with E-state index in [2.05, 4.69) is 35.7 Å². The van der Waals surface area contributed by atoms with E-state index in [-0.39, 0.29) is 12.8 Å². The lowest BCUT2D eigenvalue weighted by atomic mass is 9.70. The van der Waals surface area contributed by atoms with Crippen molar-refractivity contribution in [3.63, 3.8) is 0 Å². The van der Waals surface area contributed by atoms with E-state index >= 15 is 0 Å². The summed E-state index contributed by atoms with van der Waals surface area (Å²) in [5.74, 6) is -0.826. The first-order valence-corrected chi connectivity index (χ1v) is 16.6. The molecular formula is C33H59IN2O8. The largest absolute Gasteiger partial charge is 0.467 e. The first-order chi connectivity index (χ1) is 19.7. The number of rotatable bonds is 6. The molecule has 1 unspecified atom stereocenters. The number of carbonyl (C=O) groups excluding carboxylic acids is 4. The van der Waals surface area contributed by atoms with Crippen molar-refractivity contribution in [2.24, 2.45) is 10.8 Å². The average Bonchev–Trinajstić information content (AvgIpc) is 3.37. The monoisotopic (exact) mass is 738 g/mol. The fraction of sp³-hybridized carbons (Fsp3) is 0.758. The van der Waals surface area contributed by atoms with E-state index in [1.165, 1.54) is 24.0 Å². The Morgan fingerprint density at radius 1 is 0.818 bits per heavy atom. The summed E-state index contributed by atoms with van der Waals surface area (Å²) in [6, 6.07) is -0.625. The lowest BCUT2D eigenvalue weighted by Crippen LogP contribution is -2.59. The molecule has 2 aliphatic rings. The summed E-state index contributed by atoms with van der Waals surface area (Å²) in [6.45, 7) is 25.0. The average molecular weight is 739 g/mol. The Morgan fingerprint density at radius 2 is 1.30 bits per heavy atom. The molecule has 11 heteroatoms. The van der Waals surface area contributed by atoms with Gasteiger partial charge >= 0.3 is 24.1 Å². The van der Waals surface area contributed by atoms with Crippen molar-refractivity contribution < 1.29 is 38.1 Å². The van der Waals surface area contributed by atoms with Gasteiger partial charge in [-0.15, -0.1) is 13.2 Å². The summed E-state index contributed by atoms with van der Waals surface area (Å²) in [4.78, 5) is 54.1. The molecule has 2 rings (SSSR count). The molecule has 2 heterocycles. The number of amides is 2. The van der Waals surface area contributed by atoms with E-state index in [9.17, 15) is 19.2 Å². The van der Waals surface area contributed by atoms with E-state index in [0.717, 1.165) is 6.42 Å². The van der Waals surface area contributed by atoms with Crippen LogP contribution in [0.5, 0.6) is 0 Å². The van der Waals surface area contributed by atoms with Crippen LogP contribution in [0.3, 0.4) is 0 Å². The van der Waals surface area contributed by atoms with Gasteiger partial charge in [0.1, 0.15) is 22.8 Å². The Morgan fingerprint density at radius 3 is 1.70 bits per heavy atom. The molecule has 0 aromatic heterocycles. The van der Waals surface area contributed by atoms with Crippen molar-refractivity contribution in [1.29, 1.82) is 0 Å². The maximum Gasteiger partial charge on any atom is 0.411 e. The van der Waals surface area contributed by atoms with Crippen LogP contribution in [0.4, 0.5) is 9.59 Å². The molecule has 2 amide bonds. The van der Waals surface area contributed by atoms with Crippen LogP contribution in [0.2, 0.25) is 0 Å². The number of nitrogens with zero attached hydrogens (tertiary/aromatic N) is 2. The van der Waals surface area contributed by atoms with Gasteiger partial charge < -0.3 is 18.9 Å². The Hall–Kier alpha value is -2.31. The summed E-state index contributed by atoms with van der Waals surface area (Å²) in [7, 11) is 2.68. The maximum absolute atomic E-state index is 12.5. The highest BCUT2D eigenvalue weighted by Crippen LogP contribution is 2.49. The highest BCUT2D eigenvalue weighted by molar-refractivity contribution is 14.1. The molecule has 4 atom stereocenters. The van der Waals surface area contributed by atoms with Crippen molar-refractivity contribution in [3.8, 4) is 0 Å². The minimum Gasteiger partial charge on any atom is -0.467 e. The Kier molecular flexibility index (Phi) is 17.3. The molecule has 2 aliphatic heterocycles. The molecule has 0 aromatic carbocycles. The number of esters is 2. The van der Waals surface area contributed by atoms with E-state index in [1.807, 2.05) is 18.8 Å². The zero-order valence-corrected chi connectivity index (χ0v) is 30.6. The Balaban J connectivity index is 0. The molecule has 2 saturated heterocycles. The molecule has 0 bridgehead atoms. The zero-order valence-electron chi connectivity index (χ0n) is 28.4. The summed E-state index contributed by atoms with van der Waals surface area (Å²) in [5, 5.41) is 0. The molecule has 0 aliphatic carbocycles. The number of allylic oxidation sites excluding steroid dienone is 2. The molecule has 0 spiro atoms. The molecule has 0 aromatic rings. The molecule has 0 saturated carbocycles. The van der Waals surface area contributed by atoms with E-state index < -0.39 is 52.3 Å². The van der Waals surface area contributed by atoms with Crippen molar-refractivity contribution in [3.05, 3.63) is 25.3 Å². The highest BCUT2D eigenvalue weighted by Gasteiger charge is 2.61. The van der Waals surface area contributed by atoms with Crippen LogP contribution in [0.1, 0.15) is 95.4 Å². The fourth-order valence-electron chi connectivity index (χ4n) is 5.52. The third kappa shape index (κ3) is 10.7. The van der Waals surface area contributed by atoms with Crippen LogP contribution < -0.4 is 0 Å². The quantitative estimate of drug-likeness (QED) is 0.0902. The summed E-state index contributed by atoms with van der Waals surface area (Å²) in [6.07, 6.45) is 5.28. The van der Waals surface area contributed by atoms with Gasteiger partial charge in [0.25, 0.3) is 0 Å². The highest BCUT2D eigenvalue weighted by atomic mass is 127. The first-order valence-electron chi connectivity index (χ1n) is 14.4. The van der Waals surface area contributed by atoms with Gasteiger partial charge in [0.2, 0.25) is 0 Å². The number of likely N-dealkylation sites (tertiary alicyclic amines) is 2. The van der Waals surface area contributed by atoms with Crippen LogP contribution in [0.15, 0.2) is 25.3 Å². The summed E-state index contributed by atoms with van der Waals surface area (Å²) < 4.78 is 20.6. The van der Waals surface area contributed by atoms with Gasteiger partial charge in [0, 0.05) is 23.9 Å². The molecule has 256 valence electrons. The van der Waals surface area contributed by atoms with Crippen molar-refractivity contribution in [2.75, 3.05) is 32.2 Å². The number of ether oxygens (including phenoxy) is 4. The van der Waals surface area contributed by atoms with Crippen LogP contribution >= 0.6 is 22.6 Å². The van der Waals surface area contributed by atoms with Gasteiger partial charge in [-0.3, -0.25) is 9.80 Å². The number of carbonyl (C=O) groups is 4. The van der Waals surface area contributed by atoms with Gasteiger partial charge in [-0.2, -0.15) is 0 Å². The van der Waals surface area contributed by atoms with Gasteiger partial charge in [0.05, 0.1) is 14.2 Å². The lowest BCUT2D eigenvalue weighted by Gasteiger charge is -2.42. The first kappa shape index (κ1) is 43.8. The Labute approximate surface area is 280 Å². The van der Waals surface area contributed by atoms with Gasteiger partial charge in [-0.25, -0.2) is 19.2 Å². The molecule has 44 heavy (non-hydrogen) atoms. The normalized spacial score (nSPS) is 26.0. The van der Waals surface area contributed by atoms with Gasteiger partial charge in [-0.05, 0) is 79.1 Å². The van der Waals surface area contributed by atoms with Crippen LogP contribution in [-0.4, -0.2) is 88.9 Å². The number of halogens is 1. The third-order valence-electron chi connectivity index (χ3n) is 7.95. The van der Waals surface area contributed by atoms with Crippen molar-refractivity contribution in [1.82, 2.24) is 9.80 Å². The second-order valence-corrected chi connectivity index (χ2v) is 13.5. The molecule has 0 N–H and O–H groups in total. The topological polar surface area (TPSA) is 112 Å². The minimum absolute atomic E-state index is 0. The van der Waals surface area contributed by atoms with Crippen LogP contribution in [-0.2, 0) is 28.5 Å². The number of alkyl halides is 1. The van der Waals surface area contributed by atoms with Crippen molar-refractivity contribution in [2.45, 2.75) is 118 Å². The summed E-state index contributed by atoms with van der Waals surface area (Å²) >= 11 is 2.15. The zero-order chi connectivity index (χ0) is 34.0. The molecule has 2 fully saturated rings. The second kappa shape index (κ2) is 17.4. The number of hydrogen-bond acceptors (Lipinski definition) is 8. The van der Waals surface area contributed by atoms with Gasteiger partial charge in [0.15, 0.2) is 0 Å². The van der Waals surface area contributed by atoms with Crippen LogP contribution in [0.25, 0.3) is 0 Å². The smallest absolute Gasteiger partial charge is 0.411 e. The number of methoxy groups -OCH3 is 2. The van der Waals surface area contributed by atoms with E-state index in [4.69, 9.17) is 18.9 Å². The third-order valence-corrected chi connectivity index (χ3v) is 7.95. The SMILES string of the molecule is C.C=CC[C@]1(C)CCN(C(=O)OC(C)(C)C)C1(C)C(=O)OC.C=CC[C@]1(C)CCN(C(=O)OC(C)(C)C)[C@@H]1C(=O)OC.CI. The molecule has 0 radical (unpaired) electrons. The van der Waals surface area contributed by atoms with E-state index in [0.29, 0.717) is 32.4 Å². The number of hydrogen-bond donors (Lipinski definition) is 0. The maximum atomic E-state index is 12.5. The van der Waals surface area contributed by atoms with E-state index in [1.54, 1.807) is 60.6 Å². The standard InChI is InChI=1S/C16H27NO4.C15H25NO4.CH3I.CH4/c1-8-9-15(5)10-11-17(13(19)21-14(2,3)4)16(15,6)12(18)20-7;1-7-8-15(5)9-10-16(11(15)12(17)19-6)13(18)20-14(2,3)4;1-2;/h8H,1,9-11H2,2-7H3;7,11H,1,8-10H2,2-6H3;1H3;1H4/t15-,16?;11-,15-;;/m11../s1. The molecule has 10 nitrogen and oxygen atoms in total. The van der Waals surface area contributed by atoms with Crippen LogP contribution in [0, 0.1) is 10.8 Å². The predicted octanol–water partition coefficient (Wildman–Crippen LogP) is 7.58. The second-order valence-electron chi connectivity index (χ2n) is 13.5.